The summed E-state index contributed by atoms with van der Waals surface area (Å²) in [5.41, 5.74) is 1.99. The van der Waals surface area contributed by atoms with Crippen LogP contribution in [0.1, 0.15) is 24.7 Å². The molecule has 7 heteroatoms. The normalized spacial score (nSPS) is 11.0. The molecule has 1 amide bonds. The Bertz CT molecular complexity index is 986. The first-order valence-electron chi connectivity index (χ1n) is 9.88. The number of rotatable bonds is 10. The molecule has 0 bridgehead atoms. The molecule has 0 saturated carbocycles. The molecule has 0 saturated heterocycles. The molecule has 1 N–H and O–H groups in total. The molecule has 30 heavy (non-hydrogen) atoms. The summed E-state index contributed by atoms with van der Waals surface area (Å²) in [6, 6.07) is 17.7. The molecule has 0 aliphatic rings. The highest BCUT2D eigenvalue weighted by Crippen LogP contribution is 2.24. The Morgan fingerprint density at radius 1 is 1.13 bits per heavy atom. The first-order chi connectivity index (χ1) is 14.7. The fourth-order valence-corrected chi connectivity index (χ4v) is 3.63. The summed E-state index contributed by atoms with van der Waals surface area (Å²) in [4.78, 5) is 12.1. The van der Waals surface area contributed by atoms with Crippen LogP contribution in [0.15, 0.2) is 71.9 Å². The summed E-state index contributed by atoms with van der Waals surface area (Å²) in [5, 5.41) is 12.2. The van der Waals surface area contributed by atoms with Gasteiger partial charge in [0.1, 0.15) is 12.4 Å². The number of allylic oxidation sites excluding steroid dienone is 1. The number of hydrogen-bond donors (Lipinski definition) is 1. The van der Waals surface area contributed by atoms with E-state index >= 15 is 0 Å². The maximum Gasteiger partial charge on any atom is 0.230 e. The van der Waals surface area contributed by atoms with Crippen LogP contribution in [-0.4, -0.2) is 33.0 Å². The minimum atomic E-state index is -0.0233. The summed E-state index contributed by atoms with van der Waals surface area (Å²) in [6.07, 6.45) is 4.83. The molecule has 1 heterocycles. The Kier molecular flexibility index (Phi) is 8.09. The number of thioether (sulfide) groups is 1. The fourth-order valence-electron chi connectivity index (χ4n) is 2.83. The molecule has 0 atom stereocenters. The van der Waals surface area contributed by atoms with Gasteiger partial charge in [0.15, 0.2) is 11.0 Å². The number of hydrogen-bond acceptors (Lipinski definition) is 5. The van der Waals surface area contributed by atoms with Crippen molar-refractivity contribution in [1.82, 2.24) is 20.1 Å². The van der Waals surface area contributed by atoms with Crippen molar-refractivity contribution in [3.63, 3.8) is 0 Å². The van der Waals surface area contributed by atoms with Crippen molar-refractivity contribution in [1.29, 1.82) is 0 Å². The SMILES string of the molecule is C/C=C/CCNC(=O)CSc1nnc(COc2ccccc2C)n1-c1ccccc1. The summed E-state index contributed by atoms with van der Waals surface area (Å²) in [6.45, 7) is 4.88. The molecule has 0 unspecified atom stereocenters. The molecule has 3 aromatic rings. The highest BCUT2D eigenvalue weighted by molar-refractivity contribution is 7.99. The lowest BCUT2D eigenvalue weighted by Crippen LogP contribution is -2.26. The van der Waals surface area contributed by atoms with Gasteiger partial charge < -0.3 is 10.1 Å². The second-order valence-electron chi connectivity index (χ2n) is 6.62. The van der Waals surface area contributed by atoms with E-state index in [9.17, 15) is 4.79 Å². The molecular formula is C23H26N4O2S. The van der Waals surface area contributed by atoms with Gasteiger partial charge in [0.05, 0.1) is 5.75 Å². The third kappa shape index (κ3) is 5.97. The maximum atomic E-state index is 12.1. The van der Waals surface area contributed by atoms with Gasteiger partial charge in [-0.3, -0.25) is 9.36 Å². The van der Waals surface area contributed by atoms with Gasteiger partial charge in [-0.25, -0.2) is 0 Å². The smallest absolute Gasteiger partial charge is 0.230 e. The molecule has 2 aromatic carbocycles. The van der Waals surface area contributed by atoms with Gasteiger partial charge in [-0.05, 0) is 44.0 Å². The molecule has 0 aliphatic heterocycles. The van der Waals surface area contributed by atoms with Crippen molar-refractivity contribution in [3.05, 3.63) is 78.1 Å². The van der Waals surface area contributed by atoms with Crippen molar-refractivity contribution in [3.8, 4) is 11.4 Å². The average molecular weight is 423 g/mol. The minimum Gasteiger partial charge on any atom is -0.485 e. The van der Waals surface area contributed by atoms with E-state index in [1.54, 1.807) is 0 Å². The molecular weight excluding hydrogens is 396 g/mol. The predicted octanol–water partition coefficient (Wildman–Crippen LogP) is 4.33. The predicted molar refractivity (Wildman–Crippen MR) is 120 cm³/mol. The van der Waals surface area contributed by atoms with E-state index in [0.29, 0.717) is 17.5 Å². The number of nitrogens with zero attached hydrogens (tertiary/aromatic N) is 3. The topological polar surface area (TPSA) is 69.0 Å². The van der Waals surface area contributed by atoms with Crippen LogP contribution in [0.2, 0.25) is 0 Å². The van der Waals surface area contributed by atoms with Gasteiger partial charge in [0, 0.05) is 12.2 Å². The van der Waals surface area contributed by atoms with Crippen LogP contribution < -0.4 is 10.1 Å². The van der Waals surface area contributed by atoms with E-state index in [0.717, 1.165) is 23.4 Å². The van der Waals surface area contributed by atoms with Crippen LogP contribution in [0, 0.1) is 6.92 Å². The number of nitrogens with one attached hydrogen (secondary N) is 1. The summed E-state index contributed by atoms with van der Waals surface area (Å²) < 4.78 is 7.92. The Hall–Kier alpha value is -3.06. The zero-order chi connectivity index (χ0) is 21.2. The van der Waals surface area contributed by atoms with Crippen LogP contribution in [0.25, 0.3) is 5.69 Å². The first-order valence-corrected chi connectivity index (χ1v) is 10.9. The zero-order valence-electron chi connectivity index (χ0n) is 17.2. The number of benzene rings is 2. The van der Waals surface area contributed by atoms with Gasteiger partial charge in [-0.15, -0.1) is 10.2 Å². The Morgan fingerprint density at radius 3 is 2.67 bits per heavy atom. The molecule has 0 fully saturated rings. The lowest BCUT2D eigenvalue weighted by atomic mass is 10.2. The number of ether oxygens (including phenoxy) is 1. The standard InChI is InChI=1S/C23H26N4O2S/c1-3-4-10-15-24-22(28)17-30-23-26-25-21(27(23)19-12-6-5-7-13-19)16-29-20-14-9-8-11-18(20)2/h3-9,11-14H,10,15-17H2,1-2H3,(H,24,28)/b4-3+. The number of amides is 1. The van der Waals surface area contributed by atoms with Crippen molar-refractivity contribution < 1.29 is 9.53 Å². The molecule has 156 valence electrons. The van der Waals surface area contributed by atoms with E-state index in [1.165, 1.54) is 11.8 Å². The van der Waals surface area contributed by atoms with Crippen molar-refractivity contribution in [2.75, 3.05) is 12.3 Å². The molecule has 6 nitrogen and oxygen atoms in total. The number of aryl methyl sites for hydroxylation is 1. The van der Waals surface area contributed by atoms with E-state index in [4.69, 9.17) is 4.74 Å². The molecule has 0 radical (unpaired) electrons. The van der Waals surface area contributed by atoms with Gasteiger partial charge in [0.25, 0.3) is 0 Å². The van der Waals surface area contributed by atoms with E-state index in [2.05, 4.69) is 15.5 Å². The average Bonchev–Trinajstić information content (AvgIpc) is 3.18. The van der Waals surface area contributed by atoms with E-state index in [1.807, 2.05) is 85.2 Å². The lowest BCUT2D eigenvalue weighted by molar-refractivity contribution is -0.118. The fraction of sp³-hybridized carbons (Fsp3) is 0.261. The molecule has 0 aliphatic carbocycles. The van der Waals surface area contributed by atoms with E-state index in [-0.39, 0.29) is 18.3 Å². The Labute approximate surface area is 181 Å². The summed E-state index contributed by atoms with van der Waals surface area (Å²) in [5.74, 6) is 1.75. The van der Waals surface area contributed by atoms with Gasteiger partial charge in [0.2, 0.25) is 5.91 Å². The van der Waals surface area contributed by atoms with Gasteiger partial charge >= 0.3 is 0 Å². The third-order valence-corrected chi connectivity index (χ3v) is 5.30. The monoisotopic (exact) mass is 422 g/mol. The van der Waals surface area contributed by atoms with Gasteiger partial charge in [-0.1, -0.05) is 60.3 Å². The Morgan fingerprint density at radius 2 is 1.90 bits per heavy atom. The van der Waals surface area contributed by atoms with Crippen LogP contribution in [0.4, 0.5) is 0 Å². The quantitative estimate of drug-likeness (QED) is 0.299. The number of aromatic nitrogens is 3. The van der Waals surface area contributed by atoms with Crippen LogP contribution >= 0.6 is 11.8 Å². The summed E-state index contributed by atoms with van der Waals surface area (Å²) in [7, 11) is 0. The van der Waals surface area contributed by atoms with Gasteiger partial charge in [-0.2, -0.15) is 0 Å². The minimum absolute atomic E-state index is 0.0233. The third-order valence-electron chi connectivity index (χ3n) is 4.37. The first kappa shape index (κ1) is 21.6. The van der Waals surface area contributed by atoms with Crippen LogP contribution in [0.3, 0.4) is 0 Å². The number of carbonyl (C=O) groups is 1. The van der Waals surface area contributed by atoms with Crippen molar-refractivity contribution >= 4 is 17.7 Å². The van der Waals surface area contributed by atoms with E-state index < -0.39 is 0 Å². The number of para-hydroxylation sites is 2. The maximum absolute atomic E-state index is 12.1. The summed E-state index contributed by atoms with van der Waals surface area (Å²) >= 11 is 1.36. The van der Waals surface area contributed by atoms with Crippen LogP contribution in [0.5, 0.6) is 5.75 Å². The van der Waals surface area contributed by atoms with Crippen molar-refractivity contribution in [2.45, 2.75) is 32.0 Å². The molecule has 0 spiro atoms. The molecule has 3 rings (SSSR count). The molecule has 1 aromatic heterocycles. The highest BCUT2D eigenvalue weighted by atomic mass is 32.2. The highest BCUT2D eigenvalue weighted by Gasteiger charge is 2.16. The van der Waals surface area contributed by atoms with Crippen LogP contribution in [-0.2, 0) is 11.4 Å². The Balaban J connectivity index is 1.72. The number of carbonyl (C=O) groups excluding carboxylic acids is 1. The second-order valence-corrected chi connectivity index (χ2v) is 7.56. The van der Waals surface area contributed by atoms with Crippen molar-refractivity contribution in [2.24, 2.45) is 0 Å². The lowest BCUT2D eigenvalue weighted by Gasteiger charge is -2.12. The largest absolute Gasteiger partial charge is 0.485 e. The zero-order valence-corrected chi connectivity index (χ0v) is 18.1. The second kappa shape index (κ2) is 11.2.